The summed E-state index contributed by atoms with van der Waals surface area (Å²) in [6.07, 6.45) is 1.31. The number of hydrogen-bond acceptors (Lipinski definition) is 2. The monoisotopic (exact) mass is 247 g/mol. The summed E-state index contributed by atoms with van der Waals surface area (Å²) in [5, 5.41) is 4.61. The molecule has 3 rings (SSSR count). The fourth-order valence-electron chi connectivity index (χ4n) is 3.17. The second kappa shape index (κ2) is 4.03. The molecule has 3 atom stereocenters. The van der Waals surface area contributed by atoms with Crippen molar-refractivity contribution in [3.05, 3.63) is 35.4 Å². The van der Waals surface area contributed by atoms with E-state index in [4.69, 9.17) is 0 Å². The minimum absolute atomic E-state index is 0.263. The molecular weight excluding hydrogens is 226 g/mol. The summed E-state index contributed by atoms with van der Waals surface area (Å²) in [5.41, 5.74) is 3.36. The molecule has 1 heterocycles. The number of hydrogen-bond donors (Lipinski definition) is 1. The third kappa shape index (κ3) is 2.02. The maximum absolute atomic E-state index is 3.85. The van der Waals surface area contributed by atoms with Gasteiger partial charge in [-0.15, -0.1) is 0 Å². The van der Waals surface area contributed by atoms with Gasteiger partial charge in [0.25, 0.3) is 0 Å². The Morgan fingerprint density at radius 3 is 2.71 bits per heavy atom. The van der Waals surface area contributed by atoms with E-state index in [2.05, 4.69) is 62.1 Å². The Labute approximate surface area is 108 Å². The Hall–Kier alpha value is -0.470. The van der Waals surface area contributed by atoms with Gasteiger partial charge in [-0.3, -0.25) is 0 Å². The lowest BCUT2D eigenvalue weighted by Gasteiger charge is -2.46. The summed E-state index contributed by atoms with van der Waals surface area (Å²) in [5.74, 6) is 1.94. The molecule has 1 N–H and O–H groups in total. The van der Waals surface area contributed by atoms with E-state index in [1.54, 1.807) is 5.56 Å². The average molecular weight is 247 g/mol. The van der Waals surface area contributed by atoms with Gasteiger partial charge in [0.15, 0.2) is 0 Å². The Kier molecular flexibility index (Phi) is 2.75. The van der Waals surface area contributed by atoms with Gasteiger partial charge in [0.1, 0.15) is 0 Å². The summed E-state index contributed by atoms with van der Waals surface area (Å²) in [4.78, 5) is 0. The Balaban J connectivity index is 2.00. The highest BCUT2D eigenvalue weighted by atomic mass is 32.2. The Morgan fingerprint density at radius 2 is 1.94 bits per heavy atom. The van der Waals surface area contributed by atoms with Crippen molar-refractivity contribution in [3.63, 3.8) is 0 Å². The second-order valence-corrected chi connectivity index (χ2v) is 7.35. The zero-order chi connectivity index (χ0) is 12.0. The largest absolute Gasteiger partial charge is 0.303 e. The molecule has 0 radical (unpaired) electrons. The lowest BCUT2D eigenvalue weighted by molar-refractivity contribution is 0.323. The molecule has 1 aromatic carbocycles. The van der Waals surface area contributed by atoms with Crippen molar-refractivity contribution in [2.45, 2.75) is 49.9 Å². The minimum atomic E-state index is 0.263. The molecule has 1 aliphatic heterocycles. The van der Waals surface area contributed by atoms with Crippen molar-refractivity contribution >= 4 is 11.8 Å². The molecule has 0 spiro atoms. The first kappa shape index (κ1) is 11.6. The van der Waals surface area contributed by atoms with Crippen LogP contribution in [0.25, 0.3) is 0 Å². The lowest BCUT2D eigenvalue weighted by Crippen LogP contribution is -2.52. The van der Waals surface area contributed by atoms with Crippen molar-refractivity contribution in [1.82, 2.24) is 5.32 Å². The molecule has 2 aliphatic rings. The van der Waals surface area contributed by atoms with Crippen LogP contribution in [0.4, 0.5) is 0 Å². The predicted molar refractivity (Wildman–Crippen MR) is 75.7 cm³/mol. The number of rotatable bonds is 0. The third-order valence-electron chi connectivity index (χ3n) is 4.02. The van der Waals surface area contributed by atoms with E-state index < -0.39 is 0 Å². The molecule has 2 heteroatoms. The first-order chi connectivity index (χ1) is 8.07. The highest BCUT2D eigenvalue weighted by molar-refractivity contribution is 8.00. The molecule has 92 valence electrons. The summed E-state index contributed by atoms with van der Waals surface area (Å²) >= 11 is 2.16. The van der Waals surface area contributed by atoms with Crippen LogP contribution in [-0.4, -0.2) is 16.5 Å². The van der Waals surface area contributed by atoms with Crippen molar-refractivity contribution in [3.8, 4) is 0 Å². The topological polar surface area (TPSA) is 12.0 Å². The molecule has 1 fully saturated rings. The normalized spacial score (nSPS) is 34.9. The first-order valence-electron chi connectivity index (χ1n) is 6.55. The summed E-state index contributed by atoms with van der Waals surface area (Å²) in [6, 6.07) is 9.54. The van der Waals surface area contributed by atoms with E-state index in [0.29, 0.717) is 12.0 Å². The molecule has 0 bridgehead atoms. The number of benzene rings is 1. The molecule has 0 saturated carbocycles. The van der Waals surface area contributed by atoms with Crippen LogP contribution in [-0.2, 0) is 0 Å². The van der Waals surface area contributed by atoms with Crippen LogP contribution in [0.1, 0.15) is 50.3 Å². The van der Waals surface area contributed by atoms with Gasteiger partial charge in [-0.2, -0.15) is 11.8 Å². The van der Waals surface area contributed by atoms with Crippen molar-refractivity contribution in [2.24, 2.45) is 0 Å². The van der Waals surface area contributed by atoms with Gasteiger partial charge >= 0.3 is 0 Å². The van der Waals surface area contributed by atoms with Crippen LogP contribution in [0, 0.1) is 0 Å². The van der Waals surface area contributed by atoms with Gasteiger partial charge in [-0.05, 0) is 37.3 Å². The first-order valence-corrected chi connectivity index (χ1v) is 7.60. The van der Waals surface area contributed by atoms with Crippen LogP contribution in [0.2, 0.25) is 0 Å². The van der Waals surface area contributed by atoms with Crippen LogP contribution in [0.15, 0.2) is 24.3 Å². The van der Waals surface area contributed by atoms with E-state index in [-0.39, 0.29) is 5.54 Å². The van der Waals surface area contributed by atoms with Gasteiger partial charge < -0.3 is 5.32 Å². The van der Waals surface area contributed by atoms with Gasteiger partial charge in [0.05, 0.1) is 0 Å². The predicted octanol–water partition coefficient (Wildman–Crippen LogP) is 3.72. The number of fused-ring (bicyclic) bond motifs is 3. The summed E-state index contributed by atoms with van der Waals surface area (Å²) < 4.78 is 0. The van der Waals surface area contributed by atoms with Gasteiger partial charge in [-0.25, -0.2) is 0 Å². The van der Waals surface area contributed by atoms with Crippen molar-refractivity contribution < 1.29 is 0 Å². The molecule has 17 heavy (non-hydrogen) atoms. The maximum atomic E-state index is 3.85. The van der Waals surface area contributed by atoms with Crippen LogP contribution >= 0.6 is 11.8 Å². The fourth-order valence-corrected chi connectivity index (χ4v) is 4.71. The van der Waals surface area contributed by atoms with E-state index in [1.807, 2.05) is 0 Å². The fraction of sp³-hybridized carbons (Fsp3) is 0.600. The molecule has 1 aromatic rings. The van der Waals surface area contributed by atoms with Gasteiger partial charge in [0.2, 0.25) is 0 Å². The molecule has 1 saturated heterocycles. The molecular formula is C15H21NS. The lowest BCUT2D eigenvalue weighted by atomic mass is 9.79. The highest BCUT2D eigenvalue weighted by Crippen LogP contribution is 2.46. The van der Waals surface area contributed by atoms with Crippen LogP contribution < -0.4 is 5.32 Å². The summed E-state index contributed by atoms with van der Waals surface area (Å²) in [6.45, 7) is 7.00. The molecule has 1 nitrogen and oxygen atoms in total. The van der Waals surface area contributed by atoms with E-state index in [9.17, 15) is 0 Å². The van der Waals surface area contributed by atoms with E-state index >= 15 is 0 Å². The van der Waals surface area contributed by atoms with E-state index in [0.717, 1.165) is 5.25 Å². The zero-order valence-corrected chi connectivity index (χ0v) is 11.7. The average Bonchev–Trinajstić information content (AvgIpc) is 2.30. The van der Waals surface area contributed by atoms with Crippen LogP contribution in [0.5, 0.6) is 0 Å². The van der Waals surface area contributed by atoms with Gasteiger partial charge in [0, 0.05) is 22.6 Å². The van der Waals surface area contributed by atoms with Crippen molar-refractivity contribution in [2.75, 3.05) is 5.75 Å². The Bertz CT molecular complexity index is 427. The summed E-state index contributed by atoms with van der Waals surface area (Å²) in [7, 11) is 0. The number of thioether (sulfide) groups is 1. The maximum Gasteiger partial charge on any atom is 0.0447 e. The highest BCUT2D eigenvalue weighted by Gasteiger charge is 2.40. The quantitative estimate of drug-likeness (QED) is 0.750. The molecule has 1 aliphatic carbocycles. The third-order valence-corrected chi connectivity index (χ3v) is 5.81. The van der Waals surface area contributed by atoms with E-state index in [1.165, 1.54) is 17.7 Å². The smallest absolute Gasteiger partial charge is 0.0447 e. The zero-order valence-electron chi connectivity index (χ0n) is 10.9. The molecule has 3 unspecified atom stereocenters. The SMILES string of the molecule is CC1CC2SCC(C)(C)NC2c2ccccc21. The number of nitrogens with one attached hydrogen (secondary N) is 1. The Morgan fingerprint density at radius 1 is 1.24 bits per heavy atom. The van der Waals surface area contributed by atoms with Crippen molar-refractivity contribution in [1.29, 1.82) is 0 Å². The van der Waals surface area contributed by atoms with Crippen LogP contribution in [0.3, 0.4) is 0 Å². The minimum Gasteiger partial charge on any atom is -0.303 e. The molecule has 0 amide bonds. The standard InChI is InChI=1S/C15H21NS/c1-10-8-13-14(16-15(2,3)9-17-13)12-7-5-4-6-11(10)12/h4-7,10,13-14,16H,8-9H2,1-3H3. The molecule has 0 aromatic heterocycles. The second-order valence-electron chi connectivity index (χ2n) is 6.12. The van der Waals surface area contributed by atoms with Gasteiger partial charge in [-0.1, -0.05) is 31.2 Å².